The molecular weight excluding hydrogens is 668 g/mol. The van der Waals surface area contributed by atoms with Crippen LogP contribution in [-0.4, -0.2) is 127 Å². The highest BCUT2D eigenvalue weighted by Gasteiger charge is 2.72. The third-order valence-corrected chi connectivity index (χ3v) is 12.5. The summed E-state index contributed by atoms with van der Waals surface area (Å²) in [5.74, 6) is -3.13. The quantitative estimate of drug-likeness (QED) is 0.279. The molecule has 2 bridgehead atoms. The Labute approximate surface area is 303 Å². The second-order valence-electron chi connectivity index (χ2n) is 16.4. The second-order valence-corrected chi connectivity index (χ2v) is 16.4. The molecule has 1 aromatic rings. The number of aromatic nitrogens is 2. The fourth-order valence-electron chi connectivity index (χ4n) is 9.63. The molecule has 2 aliphatic carbocycles. The van der Waals surface area contributed by atoms with E-state index in [-0.39, 0.29) is 49.1 Å². The monoisotopic (exact) mass is 718 g/mol. The van der Waals surface area contributed by atoms with Crippen LogP contribution in [0.4, 0.5) is 0 Å². The highest BCUT2D eigenvalue weighted by atomic mass is 16.5. The van der Waals surface area contributed by atoms with E-state index in [4.69, 9.17) is 4.74 Å². The van der Waals surface area contributed by atoms with E-state index in [0.717, 1.165) is 38.5 Å². The molecule has 52 heavy (non-hydrogen) atoms. The zero-order valence-electron chi connectivity index (χ0n) is 30.5. The first-order chi connectivity index (χ1) is 24.8. The molecule has 1 spiro atoms. The first-order valence-electron chi connectivity index (χ1n) is 18.6. The lowest BCUT2D eigenvalue weighted by atomic mass is 9.82. The molecule has 6 fully saturated rings. The van der Waals surface area contributed by atoms with E-state index in [2.05, 4.69) is 32.1 Å². The lowest BCUT2D eigenvalue weighted by Crippen LogP contribution is -2.65. The molecular formula is C37H50N8O7. The van der Waals surface area contributed by atoms with Crippen LogP contribution in [0, 0.1) is 17.3 Å². The molecule has 280 valence electrons. The number of likely N-dealkylation sites (tertiary alicyclic amines) is 1. The minimum Gasteiger partial charge on any atom is -0.467 e. The van der Waals surface area contributed by atoms with Crippen molar-refractivity contribution in [3.05, 3.63) is 36.9 Å². The van der Waals surface area contributed by atoms with Gasteiger partial charge < -0.3 is 30.1 Å². The summed E-state index contributed by atoms with van der Waals surface area (Å²) < 4.78 is 5.21. The summed E-state index contributed by atoms with van der Waals surface area (Å²) in [6.45, 7) is 10.1. The Morgan fingerprint density at radius 3 is 2.35 bits per heavy atom. The molecule has 3 unspecified atom stereocenters. The number of methoxy groups -OCH3 is 1. The van der Waals surface area contributed by atoms with E-state index >= 15 is 4.79 Å². The molecule has 7 atom stereocenters. The van der Waals surface area contributed by atoms with Crippen molar-refractivity contribution in [2.45, 2.75) is 114 Å². The zero-order chi connectivity index (χ0) is 37.2. The van der Waals surface area contributed by atoms with Crippen molar-refractivity contribution in [2.24, 2.45) is 17.3 Å². The Balaban J connectivity index is 1.22. The first kappa shape index (κ1) is 36.0. The van der Waals surface area contributed by atoms with Crippen molar-refractivity contribution in [2.75, 3.05) is 26.9 Å². The van der Waals surface area contributed by atoms with E-state index in [1.807, 2.05) is 20.8 Å². The normalized spacial score (nSPS) is 31.3. The number of amides is 5. The highest BCUT2D eigenvalue weighted by molar-refractivity contribution is 6.00. The zero-order valence-corrected chi connectivity index (χ0v) is 30.5. The van der Waals surface area contributed by atoms with E-state index in [1.54, 1.807) is 11.0 Å². The molecule has 6 aliphatic rings. The Morgan fingerprint density at radius 2 is 1.71 bits per heavy atom. The number of hydrogen-bond acceptors (Lipinski definition) is 10. The van der Waals surface area contributed by atoms with Crippen molar-refractivity contribution < 1.29 is 33.5 Å². The van der Waals surface area contributed by atoms with E-state index in [9.17, 15) is 24.0 Å². The molecule has 4 aliphatic heterocycles. The van der Waals surface area contributed by atoms with Crippen LogP contribution in [0.3, 0.4) is 0 Å². The van der Waals surface area contributed by atoms with Gasteiger partial charge in [-0.15, -0.1) is 6.58 Å². The fourth-order valence-corrected chi connectivity index (χ4v) is 9.63. The summed E-state index contributed by atoms with van der Waals surface area (Å²) in [6.07, 6.45) is 12.2. The highest BCUT2D eigenvalue weighted by Crippen LogP contribution is 2.55. The Morgan fingerprint density at radius 1 is 0.981 bits per heavy atom. The molecule has 2 N–H and O–H groups in total. The van der Waals surface area contributed by atoms with Gasteiger partial charge in [-0.25, -0.2) is 9.78 Å². The average Bonchev–Trinajstić information content (AvgIpc) is 3.40. The lowest BCUT2D eigenvalue weighted by Gasteiger charge is -2.44. The number of rotatable bonds is 9. The summed E-state index contributed by atoms with van der Waals surface area (Å²) in [7, 11) is 1.28. The Bertz CT molecular complexity index is 1660. The van der Waals surface area contributed by atoms with Gasteiger partial charge in [0.15, 0.2) is 0 Å². The van der Waals surface area contributed by atoms with Gasteiger partial charge in [0.05, 0.1) is 32.6 Å². The Hall–Kier alpha value is -4.40. The van der Waals surface area contributed by atoms with Gasteiger partial charge in [0.1, 0.15) is 35.0 Å². The van der Waals surface area contributed by atoms with Crippen molar-refractivity contribution in [1.29, 1.82) is 0 Å². The summed E-state index contributed by atoms with van der Waals surface area (Å²) in [5.41, 5.74) is -3.00. The third kappa shape index (κ3) is 5.66. The van der Waals surface area contributed by atoms with E-state index < -0.39 is 64.3 Å². The van der Waals surface area contributed by atoms with E-state index in [1.165, 1.54) is 35.5 Å². The number of ether oxygens (including phenoxy) is 1. The maximum absolute atomic E-state index is 15.0. The standard InChI is InChI=1S/C37H50N8O7/c1-6-23-17-37(23,34(51)52-5)45-21-44-31(48)25-13-10-16-43(25)36(44)18-26(32(45)49)42(20-36)33(50)28(35(2,3)4)41-30(47)27(22-11-8-7-9-12-22)40-29(46)24-19-38-14-15-39-24/h6,14-15,19,22-23,25-28H,1,7-13,16-18,20-21H2,2-5H3,(H,40,46)(H,41,47)/t23-,25?,26+,27+,28?,36?,37-/m1/s1. The molecule has 2 saturated carbocycles. The number of carbonyl (C=O) groups excluding carboxylic acids is 6. The van der Waals surface area contributed by atoms with Crippen molar-refractivity contribution in [1.82, 2.24) is 40.2 Å². The summed E-state index contributed by atoms with van der Waals surface area (Å²) >= 11 is 0. The van der Waals surface area contributed by atoms with Crippen LogP contribution < -0.4 is 10.6 Å². The fraction of sp³-hybridized carbons (Fsp3) is 0.676. The van der Waals surface area contributed by atoms with Gasteiger partial charge in [-0.1, -0.05) is 46.1 Å². The van der Waals surface area contributed by atoms with Crippen molar-refractivity contribution in [3.8, 4) is 0 Å². The number of carbonyl (C=O) groups is 6. The van der Waals surface area contributed by atoms with Crippen LogP contribution in [-0.2, 0) is 28.7 Å². The van der Waals surface area contributed by atoms with Crippen molar-refractivity contribution >= 4 is 35.5 Å². The first-order valence-corrected chi connectivity index (χ1v) is 18.6. The van der Waals surface area contributed by atoms with Crippen LogP contribution in [0.1, 0.15) is 89.0 Å². The molecule has 15 heteroatoms. The summed E-state index contributed by atoms with van der Waals surface area (Å²) in [4.78, 5) is 99.8. The van der Waals surface area contributed by atoms with E-state index in [0.29, 0.717) is 19.4 Å². The minimum absolute atomic E-state index is 0.0808. The summed E-state index contributed by atoms with van der Waals surface area (Å²) in [6, 6.07) is -3.39. The average molecular weight is 719 g/mol. The molecule has 5 amide bonds. The molecule has 4 saturated heterocycles. The largest absolute Gasteiger partial charge is 0.467 e. The smallest absolute Gasteiger partial charge is 0.332 e. The maximum Gasteiger partial charge on any atom is 0.332 e. The Kier molecular flexibility index (Phi) is 9.15. The molecule has 5 heterocycles. The van der Waals surface area contributed by atoms with Gasteiger partial charge in [-0.2, -0.15) is 0 Å². The van der Waals surface area contributed by atoms with Gasteiger partial charge in [0.2, 0.25) is 23.6 Å². The SMILES string of the molecule is C=C[C@@H]1C[C@@]1(C(=O)OC)N1CN2C(=O)C3CCCN3C23C[C@@H](C1=O)N(C(=O)C(NC(=O)[C@@H](NC(=O)c1cnccn1)C1CCCCC1)C(C)(C)C)C3. The number of hydrogen-bond donors (Lipinski definition) is 2. The van der Waals surface area contributed by atoms with Crippen LogP contribution >= 0.6 is 0 Å². The predicted octanol–water partition coefficient (Wildman–Crippen LogP) is 1.21. The van der Waals surface area contributed by atoms with Crippen LogP contribution in [0.2, 0.25) is 0 Å². The predicted molar refractivity (Wildman–Crippen MR) is 185 cm³/mol. The van der Waals surface area contributed by atoms with Gasteiger partial charge in [-0.3, -0.25) is 33.9 Å². The second kappa shape index (κ2) is 13.2. The van der Waals surface area contributed by atoms with Gasteiger partial charge >= 0.3 is 5.97 Å². The van der Waals surface area contributed by atoms with Gasteiger partial charge in [-0.05, 0) is 43.4 Å². The van der Waals surface area contributed by atoms with Crippen LogP contribution in [0.15, 0.2) is 31.2 Å². The number of nitrogens with zero attached hydrogens (tertiary/aromatic N) is 6. The minimum atomic E-state index is -1.33. The topological polar surface area (TPSA) is 174 Å². The summed E-state index contributed by atoms with van der Waals surface area (Å²) in [5, 5.41) is 5.91. The molecule has 0 radical (unpaired) electrons. The molecule has 1 aromatic heterocycles. The van der Waals surface area contributed by atoms with Crippen molar-refractivity contribution in [3.63, 3.8) is 0 Å². The molecule has 0 aromatic carbocycles. The number of fused-ring (bicyclic) bond motifs is 2. The van der Waals surface area contributed by atoms with Crippen LogP contribution in [0.5, 0.6) is 0 Å². The van der Waals surface area contributed by atoms with Gasteiger partial charge in [0.25, 0.3) is 5.91 Å². The molecule has 7 rings (SSSR count). The molecule has 15 nitrogen and oxygen atoms in total. The lowest BCUT2D eigenvalue weighted by molar-refractivity contribution is -0.164. The number of nitrogens with one attached hydrogen (secondary N) is 2. The van der Waals surface area contributed by atoms with Crippen LogP contribution in [0.25, 0.3) is 0 Å². The number of esters is 1. The van der Waals surface area contributed by atoms with Gasteiger partial charge in [0, 0.05) is 31.3 Å². The third-order valence-electron chi connectivity index (χ3n) is 12.5. The maximum atomic E-state index is 15.0.